The van der Waals surface area contributed by atoms with Gasteiger partial charge in [0.25, 0.3) is 0 Å². The molecule has 1 atom stereocenters. The molecule has 0 amide bonds. The molecule has 0 aliphatic carbocycles. The van der Waals surface area contributed by atoms with E-state index in [1.807, 2.05) is 18.3 Å². The molecule has 1 aliphatic heterocycles. The molecule has 1 saturated heterocycles. The van der Waals surface area contributed by atoms with Crippen LogP contribution in [0.1, 0.15) is 49.4 Å². The van der Waals surface area contributed by atoms with Gasteiger partial charge in [-0.3, -0.25) is 10.00 Å². The Kier molecular flexibility index (Phi) is 6.69. The summed E-state index contributed by atoms with van der Waals surface area (Å²) < 4.78 is 5.54. The molecule has 1 aromatic heterocycles. The summed E-state index contributed by atoms with van der Waals surface area (Å²) in [4.78, 5) is 2.53. The Morgan fingerprint density at radius 3 is 3.08 bits per heavy atom. The SMILES string of the molecule is CC(C)Cc1cn[nH]c1C1CCCN(Cc2cccc(OCCO)c2)C1. The van der Waals surface area contributed by atoms with E-state index in [0.29, 0.717) is 18.4 Å². The highest BCUT2D eigenvalue weighted by Gasteiger charge is 2.25. The number of piperidine rings is 1. The number of nitrogens with zero attached hydrogens (tertiary/aromatic N) is 2. The van der Waals surface area contributed by atoms with Gasteiger partial charge in [-0.15, -0.1) is 0 Å². The largest absolute Gasteiger partial charge is 0.491 e. The fourth-order valence-corrected chi connectivity index (χ4v) is 3.87. The highest BCUT2D eigenvalue weighted by atomic mass is 16.5. The van der Waals surface area contributed by atoms with Gasteiger partial charge in [-0.05, 0) is 55.0 Å². The highest BCUT2D eigenvalue weighted by Crippen LogP contribution is 2.30. The van der Waals surface area contributed by atoms with Crippen molar-refractivity contribution in [3.05, 3.63) is 47.3 Å². The van der Waals surface area contributed by atoms with Crippen LogP contribution in [-0.4, -0.2) is 46.5 Å². The number of aliphatic hydroxyl groups excluding tert-OH is 1. The molecule has 1 fully saturated rings. The van der Waals surface area contributed by atoms with Crippen molar-refractivity contribution >= 4 is 0 Å². The second-order valence-electron chi connectivity index (χ2n) is 7.70. The first-order chi connectivity index (χ1) is 12.7. The number of aromatic amines is 1. The molecular weight excluding hydrogens is 326 g/mol. The third-order valence-corrected chi connectivity index (χ3v) is 4.96. The smallest absolute Gasteiger partial charge is 0.119 e. The summed E-state index contributed by atoms with van der Waals surface area (Å²) in [5.74, 6) is 2.01. The number of nitrogens with one attached hydrogen (secondary N) is 1. The normalized spacial score (nSPS) is 18.4. The van der Waals surface area contributed by atoms with Crippen molar-refractivity contribution in [1.82, 2.24) is 15.1 Å². The average Bonchev–Trinajstić information content (AvgIpc) is 3.08. The van der Waals surface area contributed by atoms with Gasteiger partial charge in [-0.2, -0.15) is 5.10 Å². The van der Waals surface area contributed by atoms with Gasteiger partial charge in [0.1, 0.15) is 12.4 Å². The molecule has 5 heteroatoms. The van der Waals surface area contributed by atoms with Crippen molar-refractivity contribution in [3.8, 4) is 5.75 Å². The molecule has 1 unspecified atom stereocenters. The number of hydrogen-bond donors (Lipinski definition) is 2. The maximum Gasteiger partial charge on any atom is 0.119 e. The quantitative estimate of drug-likeness (QED) is 0.760. The van der Waals surface area contributed by atoms with Gasteiger partial charge in [0.2, 0.25) is 0 Å². The molecule has 5 nitrogen and oxygen atoms in total. The molecule has 2 heterocycles. The monoisotopic (exact) mass is 357 g/mol. The molecule has 0 bridgehead atoms. The predicted octanol–water partition coefficient (Wildman–Crippen LogP) is 3.36. The van der Waals surface area contributed by atoms with Crippen molar-refractivity contribution in [3.63, 3.8) is 0 Å². The van der Waals surface area contributed by atoms with E-state index < -0.39 is 0 Å². The third kappa shape index (κ3) is 5.08. The summed E-state index contributed by atoms with van der Waals surface area (Å²) in [6, 6.07) is 8.20. The van der Waals surface area contributed by atoms with E-state index in [0.717, 1.165) is 31.8 Å². The first kappa shape index (κ1) is 18.9. The molecular formula is C21H31N3O2. The topological polar surface area (TPSA) is 61.4 Å². The Labute approximate surface area is 156 Å². The summed E-state index contributed by atoms with van der Waals surface area (Å²) in [5, 5.41) is 16.5. The van der Waals surface area contributed by atoms with E-state index in [1.54, 1.807) is 0 Å². The fraction of sp³-hybridized carbons (Fsp3) is 0.571. The maximum absolute atomic E-state index is 8.91. The minimum absolute atomic E-state index is 0.0426. The van der Waals surface area contributed by atoms with Crippen LogP contribution in [0.25, 0.3) is 0 Å². The van der Waals surface area contributed by atoms with Crippen molar-refractivity contribution in [2.24, 2.45) is 5.92 Å². The van der Waals surface area contributed by atoms with E-state index in [4.69, 9.17) is 9.84 Å². The molecule has 0 spiro atoms. The lowest BCUT2D eigenvalue weighted by atomic mass is 9.90. The van der Waals surface area contributed by atoms with Crippen LogP contribution >= 0.6 is 0 Å². The van der Waals surface area contributed by atoms with Crippen LogP contribution in [-0.2, 0) is 13.0 Å². The molecule has 142 valence electrons. The number of benzene rings is 1. The Morgan fingerprint density at radius 2 is 2.27 bits per heavy atom. The number of aromatic nitrogens is 2. The molecule has 2 N–H and O–H groups in total. The minimum Gasteiger partial charge on any atom is -0.491 e. The summed E-state index contributed by atoms with van der Waals surface area (Å²) in [7, 11) is 0. The first-order valence-corrected chi connectivity index (χ1v) is 9.72. The Bertz CT molecular complexity index is 683. The van der Waals surface area contributed by atoms with Crippen LogP contribution in [0.15, 0.2) is 30.5 Å². The lowest BCUT2D eigenvalue weighted by Crippen LogP contribution is -2.34. The summed E-state index contributed by atoms with van der Waals surface area (Å²) in [5.41, 5.74) is 3.97. The molecule has 2 aromatic rings. The van der Waals surface area contributed by atoms with E-state index in [-0.39, 0.29) is 6.61 Å². The Balaban J connectivity index is 1.63. The number of hydrogen-bond acceptors (Lipinski definition) is 4. The van der Waals surface area contributed by atoms with E-state index in [2.05, 4.69) is 41.1 Å². The number of rotatable bonds is 8. The molecule has 26 heavy (non-hydrogen) atoms. The highest BCUT2D eigenvalue weighted by molar-refractivity contribution is 5.29. The van der Waals surface area contributed by atoms with Crippen molar-refractivity contribution < 1.29 is 9.84 Å². The first-order valence-electron chi connectivity index (χ1n) is 9.72. The molecule has 3 rings (SSSR count). The lowest BCUT2D eigenvalue weighted by molar-refractivity contribution is 0.195. The zero-order valence-electron chi connectivity index (χ0n) is 15.9. The number of likely N-dealkylation sites (tertiary alicyclic amines) is 1. The number of ether oxygens (including phenoxy) is 1. The average molecular weight is 357 g/mol. The molecule has 1 aliphatic rings. The standard InChI is InChI=1S/C21H31N3O2/c1-16(2)11-19-13-22-23-21(19)18-6-4-8-24(15-18)14-17-5-3-7-20(12-17)26-10-9-25/h3,5,7,12-13,16,18,25H,4,6,8-11,14-15H2,1-2H3,(H,22,23). The van der Waals surface area contributed by atoms with E-state index >= 15 is 0 Å². The summed E-state index contributed by atoms with van der Waals surface area (Å²) in [6.07, 6.45) is 5.54. The van der Waals surface area contributed by atoms with Crippen LogP contribution in [0.3, 0.4) is 0 Å². The lowest BCUT2D eigenvalue weighted by Gasteiger charge is -2.33. The zero-order valence-corrected chi connectivity index (χ0v) is 15.9. The van der Waals surface area contributed by atoms with Crippen LogP contribution < -0.4 is 4.74 Å². The van der Waals surface area contributed by atoms with Crippen LogP contribution in [0, 0.1) is 5.92 Å². The van der Waals surface area contributed by atoms with Gasteiger partial charge in [0.15, 0.2) is 0 Å². The molecule has 0 saturated carbocycles. The summed E-state index contributed by atoms with van der Waals surface area (Å²) in [6.45, 7) is 8.03. The Hall–Kier alpha value is -1.85. The van der Waals surface area contributed by atoms with Gasteiger partial charge in [0, 0.05) is 24.7 Å². The van der Waals surface area contributed by atoms with Crippen molar-refractivity contribution in [2.45, 2.75) is 45.6 Å². The minimum atomic E-state index is 0.0426. The van der Waals surface area contributed by atoms with Crippen molar-refractivity contribution in [1.29, 1.82) is 0 Å². The van der Waals surface area contributed by atoms with Crippen LogP contribution in [0.5, 0.6) is 5.75 Å². The Morgan fingerprint density at radius 1 is 1.38 bits per heavy atom. The van der Waals surface area contributed by atoms with Gasteiger partial charge in [0.05, 0.1) is 12.8 Å². The van der Waals surface area contributed by atoms with Crippen molar-refractivity contribution in [2.75, 3.05) is 26.3 Å². The summed E-state index contributed by atoms with van der Waals surface area (Å²) >= 11 is 0. The molecule has 0 radical (unpaired) electrons. The third-order valence-electron chi connectivity index (χ3n) is 4.96. The van der Waals surface area contributed by atoms with E-state index in [9.17, 15) is 0 Å². The number of aliphatic hydroxyl groups is 1. The van der Waals surface area contributed by atoms with Gasteiger partial charge < -0.3 is 9.84 Å². The second-order valence-corrected chi connectivity index (χ2v) is 7.70. The predicted molar refractivity (Wildman–Crippen MR) is 103 cm³/mol. The van der Waals surface area contributed by atoms with Gasteiger partial charge in [-0.25, -0.2) is 0 Å². The van der Waals surface area contributed by atoms with Gasteiger partial charge >= 0.3 is 0 Å². The number of H-pyrrole nitrogens is 1. The van der Waals surface area contributed by atoms with Crippen LogP contribution in [0.2, 0.25) is 0 Å². The molecule has 1 aromatic carbocycles. The van der Waals surface area contributed by atoms with E-state index in [1.165, 1.54) is 29.7 Å². The fourth-order valence-electron chi connectivity index (χ4n) is 3.87. The van der Waals surface area contributed by atoms with Crippen LogP contribution in [0.4, 0.5) is 0 Å². The van der Waals surface area contributed by atoms with Gasteiger partial charge in [-0.1, -0.05) is 26.0 Å². The second kappa shape index (κ2) is 9.19. The maximum atomic E-state index is 8.91. The zero-order chi connectivity index (χ0) is 18.4.